The summed E-state index contributed by atoms with van der Waals surface area (Å²) in [5, 5.41) is 0.349. The van der Waals surface area contributed by atoms with Gasteiger partial charge in [0.2, 0.25) is 15.9 Å². The summed E-state index contributed by atoms with van der Waals surface area (Å²) in [6.07, 6.45) is 2.70. The molecule has 1 aromatic carbocycles. The fourth-order valence-electron chi connectivity index (χ4n) is 2.85. The lowest BCUT2D eigenvalue weighted by Crippen LogP contribution is -2.41. The monoisotopic (exact) mass is 397 g/mol. The van der Waals surface area contributed by atoms with E-state index in [1.807, 2.05) is 0 Å². The Morgan fingerprint density at radius 3 is 2.62 bits per heavy atom. The van der Waals surface area contributed by atoms with Crippen LogP contribution in [-0.2, 0) is 10.0 Å². The maximum atomic E-state index is 13.0. The summed E-state index contributed by atoms with van der Waals surface area (Å²) in [6, 6.07) is 6.28. The molecule has 0 spiro atoms. The van der Waals surface area contributed by atoms with Crippen LogP contribution in [0.5, 0.6) is 11.6 Å². The van der Waals surface area contributed by atoms with E-state index < -0.39 is 10.0 Å². The highest BCUT2D eigenvalue weighted by Gasteiger charge is 2.32. The Kier molecular flexibility index (Phi) is 5.64. The van der Waals surface area contributed by atoms with Crippen molar-refractivity contribution in [2.45, 2.75) is 30.8 Å². The van der Waals surface area contributed by atoms with Gasteiger partial charge in [-0.15, -0.1) is 0 Å². The van der Waals surface area contributed by atoms with E-state index >= 15 is 0 Å². The predicted molar refractivity (Wildman–Crippen MR) is 97.2 cm³/mol. The molecule has 1 aliphatic heterocycles. The number of aryl methyl sites for hydroxylation is 1. The quantitative estimate of drug-likeness (QED) is 0.771. The molecule has 3 rings (SSSR count). The van der Waals surface area contributed by atoms with Crippen LogP contribution in [0, 0.1) is 6.92 Å². The topological polar surface area (TPSA) is 81.6 Å². The van der Waals surface area contributed by atoms with Gasteiger partial charge < -0.3 is 9.47 Å². The molecule has 140 valence electrons. The summed E-state index contributed by atoms with van der Waals surface area (Å²) in [6.45, 7) is 2.50. The van der Waals surface area contributed by atoms with Gasteiger partial charge in [0.25, 0.3) is 0 Å². The smallest absolute Gasteiger partial charge is 0.246 e. The maximum absolute atomic E-state index is 13.0. The first-order chi connectivity index (χ1) is 12.4. The van der Waals surface area contributed by atoms with Crippen LogP contribution in [0.25, 0.3) is 0 Å². The highest BCUT2D eigenvalue weighted by atomic mass is 35.5. The zero-order valence-corrected chi connectivity index (χ0v) is 16.1. The van der Waals surface area contributed by atoms with E-state index in [4.69, 9.17) is 21.1 Å². The minimum atomic E-state index is -3.69. The van der Waals surface area contributed by atoms with E-state index in [2.05, 4.69) is 9.97 Å². The van der Waals surface area contributed by atoms with E-state index in [1.54, 1.807) is 31.3 Å². The molecule has 0 aliphatic carbocycles. The lowest BCUT2D eigenvalue weighted by atomic mass is 10.1. The third-order valence-electron chi connectivity index (χ3n) is 4.18. The van der Waals surface area contributed by atoms with Gasteiger partial charge in [-0.3, -0.25) is 0 Å². The fraction of sp³-hybridized carbons (Fsp3) is 0.412. The van der Waals surface area contributed by atoms with Crippen molar-refractivity contribution < 1.29 is 17.9 Å². The Hall–Kier alpha value is -1.90. The number of halogens is 1. The Morgan fingerprint density at radius 2 is 1.96 bits per heavy atom. The SMILES string of the molecule is COc1ccc(Cl)cc1S(=O)(=O)N1CCC(Oc2ccnc(C)n2)CC1. The van der Waals surface area contributed by atoms with Gasteiger partial charge >= 0.3 is 0 Å². The van der Waals surface area contributed by atoms with Crippen molar-refractivity contribution in [3.63, 3.8) is 0 Å². The van der Waals surface area contributed by atoms with E-state index in [0.29, 0.717) is 42.7 Å². The lowest BCUT2D eigenvalue weighted by molar-refractivity contribution is 0.129. The predicted octanol–water partition coefficient (Wildman–Crippen LogP) is 2.68. The van der Waals surface area contributed by atoms with Crippen molar-refractivity contribution in [1.82, 2.24) is 14.3 Å². The molecule has 9 heteroatoms. The number of hydrogen-bond acceptors (Lipinski definition) is 6. The molecule has 0 saturated carbocycles. The van der Waals surface area contributed by atoms with Crippen LogP contribution in [0.3, 0.4) is 0 Å². The molecule has 1 aliphatic rings. The molecule has 1 aromatic heterocycles. The van der Waals surface area contributed by atoms with Gasteiger partial charge in [-0.1, -0.05) is 11.6 Å². The summed E-state index contributed by atoms with van der Waals surface area (Å²) in [5.74, 6) is 1.43. The van der Waals surface area contributed by atoms with Gasteiger partial charge in [0.1, 0.15) is 22.6 Å². The molecule has 2 heterocycles. The lowest BCUT2D eigenvalue weighted by Gasteiger charge is -2.31. The molecule has 1 saturated heterocycles. The molecule has 1 fully saturated rings. The van der Waals surface area contributed by atoms with Crippen molar-refractivity contribution >= 4 is 21.6 Å². The summed E-state index contributed by atoms with van der Waals surface area (Å²) >= 11 is 5.97. The van der Waals surface area contributed by atoms with Crippen molar-refractivity contribution in [3.05, 3.63) is 41.3 Å². The molecule has 0 bridgehead atoms. The van der Waals surface area contributed by atoms with Crippen LogP contribution >= 0.6 is 11.6 Å². The van der Waals surface area contributed by atoms with Crippen molar-refractivity contribution in [2.75, 3.05) is 20.2 Å². The molecule has 7 nitrogen and oxygen atoms in total. The highest BCUT2D eigenvalue weighted by Crippen LogP contribution is 2.31. The normalized spacial score (nSPS) is 16.4. The third-order valence-corrected chi connectivity index (χ3v) is 6.34. The van der Waals surface area contributed by atoms with Crippen LogP contribution in [0.4, 0.5) is 0 Å². The number of sulfonamides is 1. The number of benzene rings is 1. The van der Waals surface area contributed by atoms with Gasteiger partial charge in [0.15, 0.2) is 0 Å². The largest absolute Gasteiger partial charge is 0.495 e. The van der Waals surface area contributed by atoms with Gasteiger partial charge in [-0.25, -0.2) is 13.4 Å². The molecule has 0 unspecified atom stereocenters. The molecule has 0 radical (unpaired) electrons. The first-order valence-electron chi connectivity index (χ1n) is 8.20. The van der Waals surface area contributed by atoms with Crippen molar-refractivity contribution in [2.24, 2.45) is 0 Å². The van der Waals surface area contributed by atoms with Crippen LogP contribution in [0.2, 0.25) is 5.02 Å². The summed E-state index contributed by atoms with van der Waals surface area (Å²) in [5.41, 5.74) is 0. The minimum Gasteiger partial charge on any atom is -0.495 e. The third kappa shape index (κ3) is 4.08. The second-order valence-electron chi connectivity index (χ2n) is 5.96. The maximum Gasteiger partial charge on any atom is 0.246 e. The Bertz CT molecular complexity index is 883. The van der Waals surface area contributed by atoms with E-state index in [-0.39, 0.29) is 16.7 Å². The first-order valence-corrected chi connectivity index (χ1v) is 10.0. The highest BCUT2D eigenvalue weighted by molar-refractivity contribution is 7.89. The molecular weight excluding hydrogens is 378 g/mol. The van der Waals surface area contributed by atoms with Gasteiger partial charge in [-0.2, -0.15) is 9.29 Å². The van der Waals surface area contributed by atoms with Crippen LogP contribution in [0.15, 0.2) is 35.4 Å². The van der Waals surface area contributed by atoms with Crippen LogP contribution in [0.1, 0.15) is 18.7 Å². The molecule has 0 N–H and O–H groups in total. The zero-order chi connectivity index (χ0) is 18.7. The number of methoxy groups -OCH3 is 1. The van der Waals surface area contributed by atoms with Gasteiger partial charge in [-0.05, 0) is 38.0 Å². The van der Waals surface area contributed by atoms with E-state index in [0.717, 1.165) is 0 Å². The number of rotatable bonds is 5. The van der Waals surface area contributed by atoms with E-state index in [9.17, 15) is 8.42 Å². The number of aromatic nitrogens is 2. The average Bonchev–Trinajstić information content (AvgIpc) is 2.62. The zero-order valence-electron chi connectivity index (χ0n) is 14.6. The average molecular weight is 398 g/mol. The Labute approximate surface area is 158 Å². The van der Waals surface area contributed by atoms with E-state index in [1.165, 1.54) is 17.5 Å². The van der Waals surface area contributed by atoms with Gasteiger partial charge in [0.05, 0.1) is 7.11 Å². The second-order valence-corrected chi connectivity index (χ2v) is 8.30. The van der Waals surface area contributed by atoms with Crippen molar-refractivity contribution in [1.29, 1.82) is 0 Å². The standard InChI is InChI=1S/C17H20ClN3O4S/c1-12-19-8-5-17(20-12)25-14-6-9-21(10-7-14)26(22,23)16-11-13(18)3-4-15(16)24-2/h3-5,8,11,14H,6-7,9-10H2,1-2H3. The molecule has 0 amide bonds. The Morgan fingerprint density at radius 1 is 1.23 bits per heavy atom. The number of nitrogens with zero attached hydrogens (tertiary/aromatic N) is 3. The Balaban J connectivity index is 1.70. The summed E-state index contributed by atoms with van der Waals surface area (Å²) in [4.78, 5) is 8.33. The molecule has 26 heavy (non-hydrogen) atoms. The minimum absolute atomic E-state index is 0.0818. The number of piperidine rings is 1. The number of hydrogen-bond donors (Lipinski definition) is 0. The first kappa shape index (κ1) is 18.9. The fourth-order valence-corrected chi connectivity index (χ4v) is 4.74. The second kappa shape index (κ2) is 7.77. The molecule has 2 aromatic rings. The summed E-state index contributed by atoms with van der Waals surface area (Å²) in [7, 11) is -2.25. The van der Waals surface area contributed by atoms with Crippen LogP contribution in [-0.4, -0.2) is 49.0 Å². The number of ether oxygens (including phenoxy) is 2. The van der Waals surface area contributed by atoms with Gasteiger partial charge in [0, 0.05) is 30.4 Å². The van der Waals surface area contributed by atoms with Crippen LogP contribution < -0.4 is 9.47 Å². The summed E-state index contributed by atoms with van der Waals surface area (Å²) < 4.78 is 38.4. The molecular formula is C17H20ClN3O4S. The molecule has 0 atom stereocenters. The van der Waals surface area contributed by atoms with Crippen molar-refractivity contribution in [3.8, 4) is 11.6 Å².